The summed E-state index contributed by atoms with van der Waals surface area (Å²) in [5, 5.41) is 36.2. The molecule has 1 aromatic heterocycles. The molecule has 13 nitrogen and oxygen atoms in total. The molecule has 36 heavy (non-hydrogen) atoms. The number of unbranched alkanes of at least 4 members (excludes halogenated alkanes) is 1. The highest BCUT2D eigenvalue weighted by molar-refractivity contribution is 5.94. The van der Waals surface area contributed by atoms with Crippen molar-refractivity contribution in [3.8, 4) is 0 Å². The van der Waals surface area contributed by atoms with E-state index >= 15 is 0 Å². The lowest BCUT2D eigenvalue weighted by Crippen LogP contribution is -2.59. The number of fused-ring (bicyclic) bond motifs is 1. The van der Waals surface area contributed by atoms with Crippen LogP contribution in [0.2, 0.25) is 0 Å². The molecule has 0 spiro atoms. The third-order valence-electron chi connectivity index (χ3n) is 5.64. The number of carboxylic acid groups (broad SMARTS) is 1. The molecule has 0 aliphatic rings. The molecule has 0 saturated carbocycles. The van der Waals surface area contributed by atoms with Gasteiger partial charge in [-0.1, -0.05) is 18.2 Å². The predicted octanol–water partition coefficient (Wildman–Crippen LogP) is -2.31. The van der Waals surface area contributed by atoms with Gasteiger partial charge >= 0.3 is 5.97 Å². The van der Waals surface area contributed by atoms with Gasteiger partial charge in [0.05, 0.1) is 19.3 Å². The summed E-state index contributed by atoms with van der Waals surface area (Å²) in [6.45, 7) is -1.26. The Morgan fingerprint density at radius 3 is 2.06 bits per heavy atom. The van der Waals surface area contributed by atoms with Crippen LogP contribution in [0, 0.1) is 0 Å². The van der Waals surface area contributed by atoms with Crippen LogP contribution in [0.15, 0.2) is 30.5 Å². The molecule has 4 unspecified atom stereocenters. The first-order valence-corrected chi connectivity index (χ1v) is 11.6. The Bertz CT molecular complexity index is 1040. The number of nitrogens with two attached hydrogens (primary N) is 2. The summed E-state index contributed by atoms with van der Waals surface area (Å²) in [5.41, 5.74) is 13.1. The van der Waals surface area contributed by atoms with Crippen molar-refractivity contribution < 1.29 is 34.5 Å². The summed E-state index contributed by atoms with van der Waals surface area (Å²) in [6, 6.07) is 2.26. The SMILES string of the molecule is NCCCCC(NC(=O)C(CO)NC(=O)C(CO)NC(=O)C(N)Cc1c[nH]c2ccccc12)C(=O)O. The van der Waals surface area contributed by atoms with Crippen LogP contribution in [0.5, 0.6) is 0 Å². The number of rotatable bonds is 15. The Kier molecular flexibility index (Phi) is 11.3. The Morgan fingerprint density at radius 2 is 1.47 bits per heavy atom. The molecule has 0 fully saturated rings. The number of carbonyl (C=O) groups is 4. The fraction of sp³-hybridized carbons (Fsp3) is 0.478. The summed E-state index contributed by atoms with van der Waals surface area (Å²) >= 11 is 0. The summed E-state index contributed by atoms with van der Waals surface area (Å²) in [4.78, 5) is 52.1. The lowest BCUT2D eigenvalue weighted by Gasteiger charge is -2.23. The number of carbonyl (C=O) groups excluding carboxylic acids is 3. The average Bonchev–Trinajstić information content (AvgIpc) is 3.27. The molecule has 11 N–H and O–H groups in total. The van der Waals surface area contributed by atoms with Gasteiger partial charge in [0.2, 0.25) is 17.7 Å². The van der Waals surface area contributed by atoms with E-state index < -0.39 is 61.1 Å². The molecule has 2 rings (SSSR count). The van der Waals surface area contributed by atoms with Crippen LogP contribution in [0.1, 0.15) is 24.8 Å². The monoisotopic (exact) mass is 506 g/mol. The van der Waals surface area contributed by atoms with Crippen LogP contribution < -0.4 is 27.4 Å². The molecule has 4 atom stereocenters. The molecular weight excluding hydrogens is 472 g/mol. The zero-order chi connectivity index (χ0) is 26.7. The third-order valence-corrected chi connectivity index (χ3v) is 5.64. The van der Waals surface area contributed by atoms with E-state index in [4.69, 9.17) is 11.5 Å². The van der Waals surface area contributed by atoms with Crippen LogP contribution in [-0.4, -0.2) is 87.9 Å². The third kappa shape index (κ3) is 8.02. The molecule has 2 aromatic rings. The van der Waals surface area contributed by atoms with Crippen LogP contribution in [0.3, 0.4) is 0 Å². The van der Waals surface area contributed by atoms with Gasteiger partial charge in [0, 0.05) is 17.1 Å². The largest absolute Gasteiger partial charge is 0.480 e. The van der Waals surface area contributed by atoms with E-state index in [9.17, 15) is 34.5 Å². The highest BCUT2D eigenvalue weighted by atomic mass is 16.4. The molecule has 0 aliphatic heterocycles. The number of nitrogens with one attached hydrogen (secondary N) is 4. The fourth-order valence-corrected chi connectivity index (χ4v) is 3.59. The number of aromatic amines is 1. The van der Waals surface area contributed by atoms with E-state index in [2.05, 4.69) is 20.9 Å². The standard InChI is InChI=1S/C23H34N6O7/c24-8-4-3-7-17(23(35)36)27-21(33)19(12-31)29-22(34)18(11-30)28-20(32)15(25)9-13-10-26-16-6-2-1-5-14(13)16/h1-2,5-6,10,15,17-19,26,30-31H,3-4,7-9,11-12,24-25H2,(H,27,33)(H,28,32)(H,29,34)(H,35,36). The minimum Gasteiger partial charge on any atom is -0.480 e. The van der Waals surface area contributed by atoms with Crippen molar-refractivity contribution in [1.29, 1.82) is 0 Å². The van der Waals surface area contributed by atoms with E-state index in [1.54, 1.807) is 6.20 Å². The lowest BCUT2D eigenvalue weighted by molar-refractivity contribution is -0.142. The summed E-state index contributed by atoms with van der Waals surface area (Å²) in [5.74, 6) is -3.85. The van der Waals surface area contributed by atoms with E-state index in [-0.39, 0.29) is 12.8 Å². The number of aliphatic carboxylic acids is 1. The first-order valence-electron chi connectivity index (χ1n) is 11.6. The highest BCUT2D eigenvalue weighted by Gasteiger charge is 2.29. The van der Waals surface area contributed by atoms with Gasteiger partial charge in [-0.05, 0) is 43.9 Å². The first-order chi connectivity index (χ1) is 17.2. The number of amides is 3. The number of aliphatic hydroxyl groups excluding tert-OH is 2. The second-order valence-corrected chi connectivity index (χ2v) is 8.34. The molecule has 13 heteroatoms. The van der Waals surface area contributed by atoms with E-state index in [1.165, 1.54) is 0 Å². The van der Waals surface area contributed by atoms with E-state index in [0.717, 1.165) is 16.5 Å². The molecule has 198 valence electrons. The topological polar surface area (TPSA) is 233 Å². The summed E-state index contributed by atoms with van der Waals surface area (Å²) in [7, 11) is 0. The van der Waals surface area contributed by atoms with Crippen molar-refractivity contribution in [2.75, 3.05) is 19.8 Å². The maximum Gasteiger partial charge on any atom is 0.326 e. The Labute approximate surface area is 207 Å². The molecule has 1 heterocycles. The Morgan fingerprint density at radius 1 is 0.889 bits per heavy atom. The lowest BCUT2D eigenvalue weighted by atomic mass is 10.0. The maximum absolute atomic E-state index is 12.6. The Balaban J connectivity index is 1.95. The van der Waals surface area contributed by atoms with E-state index in [0.29, 0.717) is 19.4 Å². The zero-order valence-corrected chi connectivity index (χ0v) is 19.8. The number of hydrogen-bond acceptors (Lipinski definition) is 8. The number of carboxylic acids is 1. The first kappa shape index (κ1) is 28.7. The maximum atomic E-state index is 12.6. The zero-order valence-electron chi connectivity index (χ0n) is 19.8. The fourth-order valence-electron chi connectivity index (χ4n) is 3.59. The summed E-state index contributed by atoms with van der Waals surface area (Å²) < 4.78 is 0. The van der Waals surface area contributed by atoms with Crippen LogP contribution in [0.25, 0.3) is 10.9 Å². The Hall–Kier alpha value is -3.52. The van der Waals surface area contributed by atoms with Gasteiger partial charge in [-0.2, -0.15) is 0 Å². The second kappa shape index (κ2) is 14.1. The van der Waals surface area contributed by atoms with Crippen molar-refractivity contribution in [3.05, 3.63) is 36.0 Å². The number of benzene rings is 1. The molecular formula is C23H34N6O7. The molecule has 0 aliphatic carbocycles. The van der Waals surface area contributed by atoms with Crippen molar-refractivity contribution in [3.63, 3.8) is 0 Å². The van der Waals surface area contributed by atoms with Gasteiger partial charge < -0.3 is 47.7 Å². The molecule has 0 bridgehead atoms. The number of aromatic nitrogens is 1. The number of aliphatic hydroxyl groups is 2. The van der Waals surface area contributed by atoms with Crippen molar-refractivity contribution >= 4 is 34.6 Å². The highest BCUT2D eigenvalue weighted by Crippen LogP contribution is 2.18. The number of para-hydroxylation sites is 1. The van der Waals surface area contributed by atoms with Gasteiger partial charge in [0.25, 0.3) is 0 Å². The molecule has 3 amide bonds. The van der Waals surface area contributed by atoms with Gasteiger partial charge in [-0.25, -0.2) is 4.79 Å². The smallest absolute Gasteiger partial charge is 0.326 e. The minimum atomic E-state index is -1.50. The molecule has 0 radical (unpaired) electrons. The minimum absolute atomic E-state index is 0.119. The van der Waals surface area contributed by atoms with E-state index in [1.807, 2.05) is 24.3 Å². The predicted molar refractivity (Wildman–Crippen MR) is 130 cm³/mol. The van der Waals surface area contributed by atoms with Crippen LogP contribution in [0.4, 0.5) is 0 Å². The van der Waals surface area contributed by atoms with Crippen LogP contribution >= 0.6 is 0 Å². The van der Waals surface area contributed by atoms with Crippen LogP contribution in [-0.2, 0) is 25.6 Å². The second-order valence-electron chi connectivity index (χ2n) is 8.34. The van der Waals surface area contributed by atoms with Gasteiger partial charge in [0.1, 0.15) is 18.1 Å². The molecule has 0 saturated heterocycles. The van der Waals surface area contributed by atoms with Gasteiger partial charge in [0.15, 0.2) is 0 Å². The average molecular weight is 507 g/mol. The quantitative estimate of drug-likeness (QED) is 0.118. The summed E-state index contributed by atoms with van der Waals surface area (Å²) in [6.07, 6.45) is 3.05. The van der Waals surface area contributed by atoms with Crippen molar-refractivity contribution in [2.45, 2.75) is 49.9 Å². The van der Waals surface area contributed by atoms with Gasteiger partial charge in [-0.3, -0.25) is 14.4 Å². The van der Waals surface area contributed by atoms with Gasteiger partial charge in [-0.15, -0.1) is 0 Å². The number of hydrogen-bond donors (Lipinski definition) is 9. The normalized spacial score (nSPS) is 14.4. The number of H-pyrrole nitrogens is 1. The molecule has 1 aromatic carbocycles. The van der Waals surface area contributed by atoms with Crippen molar-refractivity contribution in [1.82, 2.24) is 20.9 Å². The van der Waals surface area contributed by atoms with Crippen molar-refractivity contribution in [2.24, 2.45) is 11.5 Å².